The van der Waals surface area contributed by atoms with Gasteiger partial charge in [-0.25, -0.2) is 0 Å². The van der Waals surface area contributed by atoms with Crippen molar-refractivity contribution in [3.63, 3.8) is 0 Å². The van der Waals surface area contributed by atoms with Gasteiger partial charge in [-0.2, -0.15) is 0 Å². The number of carbonyl (C=O) groups excluding carboxylic acids is 2. The van der Waals surface area contributed by atoms with Crippen molar-refractivity contribution in [2.24, 2.45) is 5.92 Å². The number of benzene rings is 2. The lowest BCUT2D eigenvalue weighted by Gasteiger charge is -2.41. The smallest absolute Gasteiger partial charge is 0.254 e. The second-order valence-corrected chi connectivity index (χ2v) is 8.92. The molecule has 0 spiro atoms. The molecule has 2 aromatic rings. The van der Waals surface area contributed by atoms with E-state index in [1.165, 1.54) is 0 Å². The molecule has 3 unspecified atom stereocenters. The summed E-state index contributed by atoms with van der Waals surface area (Å²) >= 11 is 12.1. The summed E-state index contributed by atoms with van der Waals surface area (Å²) < 4.78 is 0. The molecule has 4 rings (SSSR count). The standard InChI is InChI=1S/C23H25Cl2N3O2/c24-17-10-8-15(9-11-17)13-28(23(30)16-4-3-5-18(25)12-16)14-21-26-20-7-2-1-6-19(20)22(29)27-21/h3-5,8-12,19-21,26H,1-2,6-7,13-14H2,(H,27,29). The summed E-state index contributed by atoms with van der Waals surface area (Å²) in [6, 6.07) is 14.6. The van der Waals surface area contributed by atoms with Crippen LogP contribution in [0.25, 0.3) is 0 Å². The predicted molar refractivity (Wildman–Crippen MR) is 118 cm³/mol. The lowest BCUT2D eigenvalue weighted by atomic mass is 9.82. The number of rotatable bonds is 5. The summed E-state index contributed by atoms with van der Waals surface area (Å²) in [6.07, 6.45) is 3.86. The predicted octanol–water partition coefficient (Wildman–Crippen LogP) is 4.24. The minimum absolute atomic E-state index is 0.0309. The molecule has 2 aromatic carbocycles. The molecular weight excluding hydrogens is 421 g/mol. The molecule has 1 saturated heterocycles. The van der Waals surface area contributed by atoms with Gasteiger partial charge in [0.25, 0.3) is 5.91 Å². The van der Waals surface area contributed by atoms with E-state index in [1.54, 1.807) is 29.2 Å². The van der Waals surface area contributed by atoms with Crippen molar-refractivity contribution in [3.05, 3.63) is 69.7 Å². The number of hydrogen-bond acceptors (Lipinski definition) is 3. The first-order chi connectivity index (χ1) is 14.5. The van der Waals surface area contributed by atoms with Gasteiger partial charge in [0.05, 0.1) is 18.6 Å². The van der Waals surface area contributed by atoms with E-state index in [1.807, 2.05) is 24.3 Å². The Balaban J connectivity index is 1.54. The first-order valence-electron chi connectivity index (χ1n) is 10.4. The molecule has 1 saturated carbocycles. The maximum atomic E-state index is 13.3. The zero-order chi connectivity index (χ0) is 21.1. The molecule has 0 bridgehead atoms. The van der Waals surface area contributed by atoms with Gasteiger partial charge >= 0.3 is 0 Å². The third-order valence-corrected chi connectivity index (χ3v) is 6.37. The lowest BCUT2D eigenvalue weighted by molar-refractivity contribution is -0.131. The third-order valence-electron chi connectivity index (χ3n) is 5.88. The summed E-state index contributed by atoms with van der Waals surface area (Å²) in [6.45, 7) is 0.771. The number of nitrogens with zero attached hydrogens (tertiary/aromatic N) is 1. The van der Waals surface area contributed by atoms with Crippen molar-refractivity contribution in [3.8, 4) is 0 Å². The van der Waals surface area contributed by atoms with Crippen LogP contribution in [0, 0.1) is 5.92 Å². The highest BCUT2D eigenvalue weighted by Crippen LogP contribution is 2.27. The molecular formula is C23H25Cl2N3O2. The van der Waals surface area contributed by atoms with Gasteiger partial charge in [0.15, 0.2) is 0 Å². The third kappa shape index (κ3) is 4.97. The number of amides is 2. The molecule has 30 heavy (non-hydrogen) atoms. The highest BCUT2D eigenvalue weighted by atomic mass is 35.5. The van der Waals surface area contributed by atoms with Crippen LogP contribution in [-0.4, -0.2) is 35.5 Å². The van der Waals surface area contributed by atoms with Crippen molar-refractivity contribution in [1.82, 2.24) is 15.5 Å². The molecule has 3 atom stereocenters. The summed E-state index contributed by atoms with van der Waals surface area (Å²) in [7, 11) is 0. The quantitative estimate of drug-likeness (QED) is 0.723. The van der Waals surface area contributed by atoms with Gasteiger partial charge < -0.3 is 10.2 Å². The van der Waals surface area contributed by atoms with E-state index < -0.39 is 0 Å². The SMILES string of the molecule is O=C1NC(CN(Cc2ccc(Cl)cc2)C(=O)c2cccc(Cl)c2)NC2CCCCC12. The van der Waals surface area contributed by atoms with Crippen LogP contribution >= 0.6 is 23.2 Å². The van der Waals surface area contributed by atoms with E-state index in [4.69, 9.17) is 23.2 Å². The van der Waals surface area contributed by atoms with Crippen molar-refractivity contribution in [2.45, 2.75) is 44.4 Å². The fourth-order valence-corrected chi connectivity index (χ4v) is 4.69. The van der Waals surface area contributed by atoms with Gasteiger partial charge in [0, 0.05) is 28.2 Å². The van der Waals surface area contributed by atoms with Gasteiger partial charge in [-0.3, -0.25) is 14.9 Å². The Morgan fingerprint density at radius 1 is 1.03 bits per heavy atom. The molecule has 2 aliphatic rings. The molecule has 5 nitrogen and oxygen atoms in total. The van der Waals surface area contributed by atoms with Gasteiger partial charge in [-0.15, -0.1) is 0 Å². The molecule has 1 heterocycles. The maximum absolute atomic E-state index is 13.3. The number of halogens is 2. The van der Waals surface area contributed by atoms with Gasteiger partial charge in [-0.1, -0.05) is 54.2 Å². The second-order valence-electron chi connectivity index (χ2n) is 8.05. The Morgan fingerprint density at radius 3 is 2.57 bits per heavy atom. The normalized spacial score (nSPS) is 23.4. The molecule has 2 fully saturated rings. The molecule has 1 aliphatic carbocycles. The Hall–Kier alpha value is -2.08. The highest BCUT2D eigenvalue weighted by Gasteiger charge is 2.38. The Bertz CT molecular complexity index is 919. The Kier molecular flexibility index (Phi) is 6.61. The van der Waals surface area contributed by atoms with Crippen LogP contribution < -0.4 is 10.6 Å². The average Bonchev–Trinajstić information content (AvgIpc) is 2.74. The molecule has 0 aromatic heterocycles. The van der Waals surface area contributed by atoms with Crippen molar-refractivity contribution in [1.29, 1.82) is 0 Å². The number of carbonyl (C=O) groups is 2. The zero-order valence-corrected chi connectivity index (χ0v) is 18.1. The fraction of sp³-hybridized carbons (Fsp3) is 0.391. The number of hydrogen-bond donors (Lipinski definition) is 2. The van der Waals surface area contributed by atoms with Crippen LogP contribution in [0.15, 0.2) is 48.5 Å². The molecule has 7 heteroatoms. The number of fused-ring (bicyclic) bond motifs is 1. The van der Waals surface area contributed by atoms with Crippen LogP contribution in [0.1, 0.15) is 41.6 Å². The Morgan fingerprint density at radius 2 is 1.80 bits per heavy atom. The van der Waals surface area contributed by atoms with Crippen molar-refractivity contribution < 1.29 is 9.59 Å². The topological polar surface area (TPSA) is 61.4 Å². The van der Waals surface area contributed by atoms with Gasteiger partial charge in [0.1, 0.15) is 0 Å². The second kappa shape index (κ2) is 9.38. The minimum atomic E-state index is -0.285. The van der Waals surface area contributed by atoms with Crippen LogP contribution in [0.4, 0.5) is 0 Å². The van der Waals surface area contributed by atoms with E-state index in [2.05, 4.69) is 10.6 Å². The van der Waals surface area contributed by atoms with Crippen LogP contribution in [0.3, 0.4) is 0 Å². The van der Waals surface area contributed by atoms with E-state index >= 15 is 0 Å². The molecule has 2 amide bonds. The minimum Gasteiger partial charge on any atom is -0.339 e. The largest absolute Gasteiger partial charge is 0.339 e. The Labute approximate surface area is 186 Å². The van der Waals surface area contributed by atoms with Gasteiger partial charge in [0.2, 0.25) is 5.91 Å². The molecule has 158 valence electrons. The first-order valence-corrected chi connectivity index (χ1v) is 11.1. The molecule has 0 radical (unpaired) electrons. The lowest BCUT2D eigenvalue weighted by Crippen LogP contribution is -2.65. The van der Waals surface area contributed by atoms with Crippen molar-refractivity contribution >= 4 is 35.0 Å². The van der Waals surface area contributed by atoms with E-state index in [0.29, 0.717) is 28.7 Å². The van der Waals surface area contributed by atoms with Crippen LogP contribution in [0.2, 0.25) is 10.0 Å². The number of nitrogens with one attached hydrogen (secondary N) is 2. The van der Waals surface area contributed by atoms with E-state index in [-0.39, 0.29) is 29.9 Å². The summed E-state index contributed by atoms with van der Waals surface area (Å²) in [4.78, 5) is 27.7. The van der Waals surface area contributed by atoms with Gasteiger partial charge in [-0.05, 0) is 48.7 Å². The summed E-state index contributed by atoms with van der Waals surface area (Å²) in [5, 5.41) is 7.79. The zero-order valence-electron chi connectivity index (χ0n) is 16.6. The van der Waals surface area contributed by atoms with E-state index in [0.717, 1.165) is 31.2 Å². The monoisotopic (exact) mass is 445 g/mol. The summed E-state index contributed by atoms with van der Waals surface area (Å²) in [5.74, 6) is -0.0114. The van der Waals surface area contributed by atoms with Crippen LogP contribution in [0.5, 0.6) is 0 Å². The molecule has 2 N–H and O–H groups in total. The van der Waals surface area contributed by atoms with Crippen molar-refractivity contribution in [2.75, 3.05) is 6.54 Å². The first kappa shape index (κ1) is 21.2. The van der Waals surface area contributed by atoms with E-state index in [9.17, 15) is 9.59 Å². The summed E-state index contributed by atoms with van der Waals surface area (Å²) in [5.41, 5.74) is 1.49. The maximum Gasteiger partial charge on any atom is 0.254 e. The average molecular weight is 446 g/mol. The molecule has 1 aliphatic heterocycles. The van der Waals surface area contributed by atoms with Crippen LogP contribution in [-0.2, 0) is 11.3 Å². The fourth-order valence-electron chi connectivity index (χ4n) is 4.38. The highest BCUT2D eigenvalue weighted by molar-refractivity contribution is 6.31.